The minimum Gasteiger partial charge on any atom is -0.491 e. The van der Waals surface area contributed by atoms with Crippen molar-refractivity contribution in [1.29, 1.82) is 0 Å². The van der Waals surface area contributed by atoms with Gasteiger partial charge in [0.05, 0.1) is 18.5 Å². The number of rotatable bonds is 4. The topological polar surface area (TPSA) is 108 Å². The molecule has 4 amide bonds. The fourth-order valence-electron chi connectivity index (χ4n) is 4.77. The lowest BCUT2D eigenvalue weighted by Crippen LogP contribution is -2.54. The van der Waals surface area contributed by atoms with Crippen LogP contribution in [0.1, 0.15) is 42.1 Å². The summed E-state index contributed by atoms with van der Waals surface area (Å²) >= 11 is 0. The van der Waals surface area contributed by atoms with Gasteiger partial charge in [-0.05, 0) is 37.5 Å². The van der Waals surface area contributed by atoms with Crippen molar-refractivity contribution in [2.75, 3.05) is 32.8 Å². The number of carbonyl (C=O) groups excluding carboxylic acids is 4. The van der Waals surface area contributed by atoms with E-state index >= 15 is 0 Å². The molecule has 2 aromatic rings. The zero-order chi connectivity index (χ0) is 26.2. The molecule has 0 unspecified atom stereocenters. The lowest BCUT2D eigenvalue weighted by atomic mass is 10.0. The Morgan fingerprint density at radius 1 is 0.946 bits per heavy atom. The molecule has 0 aliphatic carbocycles. The fraction of sp³-hybridized carbons (Fsp3) is 0.429. The van der Waals surface area contributed by atoms with E-state index in [0.717, 1.165) is 18.4 Å². The Hall–Kier alpha value is -3.88. The zero-order valence-electron chi connectivity index (χ0n) is 21.2. The highest BCUT2D eigenvalue weighted by Gasteiger charge is 2.33. The average Bonchev–Trinajstić information content (AvgIpc) is 3.45. The number of likely N-dealkylation sites (N-methyl/N-ethyl adjacent to an activating group) is 1. The smallest absolute Gasteiger partial charge is 0.255 e. The second-order valence-electron chi connectivity index (χ2n) is 9.33. The predicted molar refractivity (Wildman–Crippen MR) is 138 cm³/mol. The van der Waals surface area contributed by atoms with Crippen LogP contribution in [0.2, 0.25) is 0 Å². The molecule has 2 atom stereocenters. The minimum atomic E-state index is -1.06. The number of para-hydroxylation sites is 1. The van der Waals surface area contributed by atoms with Crippen LogP contribution in [0.4, 0.5) is 0 Å². The Labute approximate surface area is 217 Å². The van der Waals surface area contributed by atoms with Gasteiger partial charge in [-0.3, -0.25) is 19.2 Å². The van der Waals surface area contributed by atoms with Gasteiger partial charge in [0, 0.05) is 26.1 Å². The summed E-state index contributed by atoms with van der Waals surface area (Å²) in [5.74, 6) is -1.11. The third kappa shape index (κ3) is 6.67. The molecular formula is C28H34N4O5. The first kappa shape index (κ1) is 26.2. The maximum atomic E-state index is 13.5. The van der Waals surface area contributed by atoms with Crippen molar-refractivity contribution in [2.24, 2.45) is 0 Å². The number of amides is 4. The van der Waals surface area contributed by atoms with E-state index in [9.17, 15) is 19.2 Å². The summed E-state index contributed by atoms with van der Waals surface area (Å²) in [4.78, 5) is 56.6. The Morgan fingerprint density at radius 2 is 1.65 bits per heavy atom. The summed E-state index contributed by atoms with van der Waals surface area (Å²) in [6.07, 6.45) is 1.81. The number of ether oxygens (including phenoxy) is 1. The first-order valence-electron chi connectivity index (χ1n) is 12.9. The molecule has 0 radical (unpaired) electrons. The number of hydrogen-bond acceptors (Lipinski definition) is 5. The Morgan fingerprint density at radius 3 is 2.38 bits per heavy atom. The van der Waals surface area contributed by atoms with Gasteiger partial charge in [0.2, 0.25) is 17.7 Å². The quantitative estimate of drug-likeness (QED) is 0.657. The highest BCUT2D eigenvalue weighted by molar-refractivity contribution is 6.01. The van der Waals surface area contributed by atoms with Crippen molar-refractivity contribution in [3.8, 4) is 5.75 Å². The molecule has 2 aliphatic heterocycles. The van der Waals surface area contributed by atoms with E-state index in [1.165, 1.54) is 0 Å². The largest absolute Gasteiger partial charge is 0.491 e. The molecule has 0 aromatic heterocycles. The molecular weight excluding hydrogens is 472 g/mol. The molecule has 2 N–H and O–H groups in total. The lowest BCUT2D eigenvalue weighted by Gasteiger charge is -2.29. The van der Waals surface area contributed by atoms with Crippen LogP contribution >= 0.6 is 0 Å². The van der Waals surface area contributed by atoms with E-state index in [1.54, 1.807) is 34.1 Å². The number of carbonyl (C=O) groups is 4. The molecule has 4 rings (SSSR count). The van der Waals surface area contributed by atoms with E-state index in [0.29, 0.717) is 38.3 Å². The second-order valence-corrected chi connectivity index (χ2v) is 9.33. The van der Waals surface area contributed by atoms with Gasteiger partial charge in [-0.1, -0.05) is 42.5 Å². The Kier molecular flexibility index (Phi) is 8.77. The van der Waals surface area contributed by atoms with Gasteiger partial charge in [0.1, 0.15) is 24.4 Å². The number of fused-ring (bicyclic) bond motifs is 1. The summed E-state index contributed by atoms with van der Waals surface area (Å²) in [7, 11) is 0. The summed E-state index contributed by atoms with van der Waals surface area (Å²) in [5.41, 5.74) is 1.18. The standard InChI is InChI=1S/C28H34N4O5/c1-2-31-16-17-37-24-13-7-6-12-21(24)26(34)30-23(28(36)32-14-8-9-15-32)19-25(33)29-22(27(31)35)18-20-10-4-3-5-11-20/h3-7,10-13,22-23H,2,8-9,14-19H2,1H3,(H,29,33)(H,30,34)/t22-,23+/m1/s1. The molecule has 37 heavy (non-hydrogen) atoms. The molecule has 196 valence electrons. The van der Waals surface area contributed by atoms with Crippen LogP contribution in [-0.4, -0.2) is 78.3 Å². The second kappa shape index (κ2) is 12.4. The van der Waals surface area contributed by atoms with E-state index in [2.05, 4.69) is 10.6 Å². The minimum absolute atomic E-state index is 0.173. The van der Waals surface area contributed by atoms with Crippen LogP contribution in [0, 0.1) is 0 Å². The SMILES string of the molecule is CCN1CCOc2ccccc2C(=O)N[C@H](C(=O)N2CCCC2)CC(=O)N[C@H](Cc2ccccc2)C1=O. The van der Waals surface area contributed by atoms with Gasteiger partial charge in [-0.2, -0.15) is 0 Å². The number of nitrogens with one attached hydrogen (secondary N) is 2. The number of likely N-dealkylation sites (tertiary alicyclic amines) is 1. The molecule has 2 heterocycles. The van der Waals surface area contributed by atoms with Crippen LogP contribution in [0.3, 0.4) is 0 Å². The van der Waals surface area contributed by atoms with Gasteiger partial charge in [0.15, 0.2) is 0 Å². The third-order valence-electron chi connectivity index (χ3n) is 6.77. The van der Waals surface area contributed by atoms with Crippen LogP contribution in [0.15, 0.2) is 54.6 Å². The molecule has 2 aromatic carbocycles. The van der Waals surface area contributed by atoms with Crippen LogP contribution in [-0.2, 0) is 20.8 Å². The maximum absolute atomic E-state index is 13.5. The number of hydrogen-bond donors (Lipinski definition) is 2. The normalized spacial score (nSPS) is 21.4. The van der Waals surface area contributed by atoms with Crippen molar-refractivity contribution in [3.63, 3.8) is 0 Å². The third-order valence-corrected chi connectivity index (χ3v) is 6.77. The summed E-state index contributed by atoms with van der Waals surface area (Å²) in [6.45, 7) is 3.95. The van der Waals surface area contributed by atoms with E-state index in [4.69, 9.17) is 4.74 Å². The van der Waals surface area contributed by atoms with E-state index in [-0.39, 0.29) is 30.4 Å². The fourth-order valence-corrected chi connectivity index (χ4v) is 4.77. The van der Waals surface area contributed by atoms with Gasteiger partial charge in [-0.15, -0.1) is 0 Å². The Bertz CT molecular complexity index is 1120. The van der Waals surface area contributed by atoms with Crippen LogP contribution < -0.4 is 15.4 Å². The highest BCUT2D eigenvalue weighted by Crippen LogP contribution is 2.19. The van der Waals surface area contributed by atoms with Crippen molar-refractivity contribution in [1.82, 2.24) is 20.4 Å². The van der Waals surface area contributed by atoms with Crippen LogP contribution in [0.25, 0.3) is 0 Å². The van der Waals surface area contributed by atoms with E-state index < -0.39 is 23.9 Å². The van der Waals surface area contributed by atoms with Crippen molar-refractivity contribution < 1.29 is 23.9 Å². The van der Waals surface area contributed by atoms with E-state index in [1.807, 2.05) is 37.3 Å². The van der Waals surface area contributed by atoms with Crippen molar-refractivity contribution in [2.45, 2.75) is 44.7 Å². The monoisotopic (exact) mass is 506 g/mol. The van der Waals surface area contributed by atoms with Gasteiger partial charge in [0.25, 0.3) is 5.91 Å². The number of benzene rings is 2. The first-order chi connectivity index (χ1) is 18.0. The highest BCUT2D eigenvalue weighted by atomic mass is 16.5. The molecule has 1 fully saturated rings. The molecule has 9 nitrogen and oxygen atoms in total. The van der Waals surface area contributed by atoms with Gasteiger partial charge < -0.3 is 25.2 Å². The van der Waals surface area contributed by atoms with Crippen molar-refractivity contribution >= 4 is 23.6 Å². The summed E-state index contributed by atoms with van der Waals surface area (Å²) in [6, 6.07) is 14.4. The Balaban J connectivity index is 1.65. The molecule has 0 spiro atoms. The molecule has 0 saturated carbocycles. The summed E-state index contributed by atoms with van der Waals surface area (Å²) in [5, 5.41) is 5.61. The van der Waals surface area contributed by atoms with Crippen LogP contribution in [0.5, 0.6) is 5.75 Å². The van der Waals surface area contributed by atoms with Crippen molar-refractivity contribution in [3.05, 3.63) is 65.7 Å². The zero-order valence-corrected chi connectivity index (χ0v) is 21.2. The predicted octanol–water partition coefficient (Wildman–Crippen LogP) is 1.77. The lowest BCUT2D eigenvalue weighted by molar-refractivity contribution is -0.138. The number of nitrogens with zero attached hydrogens (tertiary/aromatic N) is 2. The molecule has 2 aliphatic rings. The molecule has 0 bridgehead atoms. The average molecular weight is 507 g/mol. The first-order valence-corrected chi connectivity index (χ1v) is 12.9. The molecule has 1 saturated heterocycles. The van der Waals surface area contributed by atoms with Gasteiger partial charge in [-0.25, -0.2) is 0 Å². The molecule has 9 heteroatoms. The summed E-state index contributed by atoms with van der Waals surface area (Å²) < 4.78 is 5.92. The van der Waals surface area contributed by atoms with Gasteiger partial charge >= 0.3 is 0 Å². The maximum Gasteiger partial charge on any atom is 0.255 e.